The number of rotatable bonds is 4. The molecule has 0 bridgehead atoms. The van der Waals surface area contributed by atoms with Gasteiger partial charge in [-0.3, -0.25) is 4.79 Å². The number of imidazole rings is 1. The fraction of sp³-hybridized carbons (Fsp3) is 0.280. The summed E-state index contributed by atoms with van der Waals surface area (Å²) in [5, 5.41) is 2.77. The summed E-state index contributed by atoms with van der Waals surface area (Å²) in [5.74, 6) is 1.32. The minimum atomic E-state index is -2.73. The molecule has 1 saturated heterocycles. The zero-order chi connectivity index (χ0) is 25.1. The Morgan fingerprint density at radius 1 is 1.06 bits per heavy atom. The summed E-state index contributed by atoms with van der Waals surface area (Å²) >= 11 is 0. The largest absolute Gasteiger partial charge is 0.435 e. The first-order chi connectivity index (χ1) is 17.5. The third-order valence-electron chi connectivity index (χ3n) is 5.94. The maximum Gasteiger partial charge on any atom is 0.387 e. The van der Waals surface area contributed by atoms with Crippen LogP contribution >= 0.6 is 0 Å². The zero-order valence-corrected chi connectivity index (χ0v) is 19.2. The highest BCUT2D eigenvalue weighted by molar-refractivity contribution is 5.83. The van der Waals surface area contributed by atoms with Gasteiger partial charge in [0.15, 0.2) is 0 Å². The molecule has 11 heteroatoms. The molecule has 1 N–H and O–H groups in total. The number of hydrogen-bond acceptors (Lipinski definition) is 6. The predicted octanol–water partition coefficient (Wildman–Crippen LogP) is 3.80. The van der Waals surface area contributed by atoms with E-state index in [0.717, 1.165) is 30.7 Å². The van der Waals surface area contributed by atoms with E-state index >= 15 is 0 Å². The maximum absolute atomic E-state index is 14.6. The Balaban J connectivity index is 0.000000226. The molecule has 0 atom stereocenters. The number of nitrogens with one attached hydrogen (secondary N) is 1. The number of anilines is 1. The molecule has 0 saturated carbocycles. The number of hydrogen-bond donors (Lipinski definition) is 1. The van der Waals surface area contributed by atoms with Crippen LogP contribution in [0.1, 0.15) is 12.2 Å². The number of aromatic nitrogens is 4. The zero-order valence-electron chi connectivity index (χ0n) is 19.2. The minimum absolute atomic E-state index is 0.0463. The van der Waals surface area contributed by atoms with Crippen LogP contribution in [0.5, 0.6) is 5.75 Å². The Hall–Kier alpha value is -4.15. The molecule has 8 nitrogen and oxygen atoms in total. The van der Waals surface area contributed by atoms with E-state index in [9.17, 15) is 18.0 Å². The molecule has 36 heavy (non-hydrogen) atoms. The molecule has 1 fully saturated rings. The number of carbonyl (C=O) groups excluding carboxylic acids is 1. The standard InChI is InChI=1S/C18H17FN6O.C7H6F2O/c19-13-7-14-15(25-4-1-2-16(25)23-14)6-12(13)11-8-21-18(22-9-11)24-5-3-20-17(26)10-24;8-7(9)10-6-4-2-1-3-5-6/h6-9H,1-5,10H2,(H,20,26);1-5,7H. The van der Waals surface area contributed by atoms with E-state index in [-0.39, 0.29) is 24.0 Å². The number of halogens is 3. The lowest BCUT2D eigenvalue weighted by atomic mass is 10.1. The number of fused-ring (bicyclic) bond motifs is 3. The number of benzene rings is 2. The Morgan fingerprint density at radius 3 is 2.56 bits per heavy atom. The monoisotopic (exact) mass is 496 g/mol. The number of ether oxygens (including phenoxy) is 1. The lowest BCUT2D eigenvalue weighted by Crippen LogP contribution is -2.48. The van der Waals surface area contributed by atoms with Crippen molar-refractivity contribution in [3.05, 3.63) is 66.5 Å². The van der Waals surface area contributed by atoms with Crippen LogP contribution in [-0.4, -0.2) is 51.7 Å². The van der Waals surface area contributed by atoms with Crippen molar-refractivity contribution in [3.63, 3.8) is 0 Å². The second-order valence-electron chi connectivity index (χ2n) is 8.34. The number of para-hydroxylation sites is 1. The van der Waals surface area contributed by atoms with Gasteiger partial charge in [-0.05, 0) is 24.6 Å². The SMILES string of the molecule is FC(F)Oc1ccccc1.O=C1CN(c2ncc(-c3cc4c(cc3F)nc3n4CCC3)cn2)CCN1. The molecule has 2 aliphatic rings. The van der Waals surface area contributed by atoms with Gasteiger partial charge in [0.05, 0.1) is 17.6 Å². The molecule has 2 aliphatic heterocycles. The molecule has 1 amide bonds. The van der Waals surface area contributed by atoms with Gasteiger partial charge in [0.2, 0.25) is 11.9 Å². The van der Waals surface area contributed by atoms with E-state index < -0.39 is 6.61 Å². The van der Waals surface area contributed by atoms with Crippen molar-refractivity contribution in [1.82, 2.24) is 24.8 Å². The highest BCUT2D eigenvalue weighted by atomic mass is 19.3. The highest BCUT2D eigenvalue weighted by Gasteiger charge is 2.21. The number of alkyl halides is 2. The first kappa shape index (κ1) is 23.6. The van der Waals surface area contributed by atoms with Gasteiger partial charge in [0, 0.05) is 55.6 Å². The molecule has 2 aromatic carbocycles. The summed E-state index contributed by atoms with van der Waals surface area (Å²) in [4.78, 5) is 26.5. The van der Waals surface area contributed by atoms with Crippen molar-refractivity contribution in [2.45, 2.75) is 26.0 Å². The molecule has 0 unspecified atom stereocenters. The van der Waals surface area contributed by atoms with Gasteiger partial charge in [0.1, 0.15) is 17.4 Å². The Kier molecular flexibility index (Phi) is 6.70. The number of nitrogens with zero attached hydrogens (tertiary/aromatic N) is 5. The summed E-state index contributed by atoms with van der Waals surface area (Å²) in [6, 6.07) is 11.3. The van der Waals surface area contributed by atoms with Gasteiger partial charge in [-0.1, -0.05) is 18.2 Å². The second kappa shape index (κ2) is 10.2. The summed E-state index contributed by atoms with van der Waals surface area (Å²) in [6.45, 7) is -0.345. The molecule has 0 spiro atoms. The molecular formula is C25H23F3N6O2. The fourth-order valence-electron chi connectivity index (χ4n) is 4.29. The summed E-state index contributed by atoms with van der Waals surface area (Å²) < 4.78 is 43.8. The van der Waals surface area contributed by atoms with Gasteiger partial charge < -0.3 is 19.5 Å². The van der Waals surface area contributed by atoms with Crippen molar-refractivity contribution in [2.75, 3.05) is 24.5 Å². The van der Waals surface area contributed by atoms with Gasteiger partial charge in [-0.25, -0.2) is 19.3 Å². The van der Waals surface area contributed by atoms with Crippen LogP contribution in [0.15, 0.2) is 54.9 Å². The van der Waals surface area contributed by atoms with E-state index in [1.807, 2.05) is 11.0 Å². The van der Waals surface area contributed by atoms with E-state index in [4.69, 9.17) is 0 Å². The summed E-state index contributed by atoms with van der Waals surface area (Å²) in [6.07, 6.45) is 5.24. The lowest BCUT2D eigenvalue weighted by molar-refractivity contribution is -0.120. The Labute approximate surface area is 204 Å². The van der Waals surface area contributed by atoms with E-state index in [1.165, 1.54) is 18.2 Å². The third-order valence-corrected chi connectivity index (χ3v) is 5.94. The van der Waals surface area contributed by atoms with Gasteiger partial charge in [0.25, 0.3) is 0 Å². The molecule has 0 aliphatic carbocycles. The third kappa shape index (κ3) is 5.09. The Morgan fingerprint density at radius 2 is 1.83 bits per heavy atom. The Bertz CT molecular complexity index is 1360. The first-order valence-corrected chi connectivity index (χ1v) is 11.5. The van der Waals surface area contributed by atoms with Crippen LogP contribution in [0.4, 0.5) is 19.1 Å². The molecular weight excluding hydrogens is 473 g/mol. The predicted molar refractivity (Wildman–Crippen MR) is 127 cm³/mol. The molecule has 4 heterocycles. The van der Waals surface area contributed by atoms with Crippen LogP contribution in [0, 0.1) is 5.82 Å². The van der Waals surface area contributed by atoms with E-state index in [1.54, 1.807) is 30.6 Å². The molecule has 2 aromatic heterocycles. The summed E-state index contributed by atoms with van der Waals surface area (Å²) in [5.41, 5.74) is 2.72. The molecule has 0 radical (unpaired) electrons. The second-order valence-corrected chi connectivity index (χ2v) is 8.34. The fourth-order valence-corrected chi connectivity index (χ4v) is 4.29. The minimum Gasteiger partial charge on any atom is -0.435 e. The average molecular weight is 496 g/mol. The quantitative estimate of drug-likeness (QED) is 0.463. The number of amides is 1. The topological polar surface area (TPSA) is 85.2 Å². The highest BCUT2D eigenvalue weighted by Crippen LogP contribution is 2.30. The normalized spacial score (nSPS) is 14.9. The van der Waals surface area contributed by atoms with Crippen LogP contribution in [-0.2, 0) is 17.8 Å². The van der Waals surface area contributed by atoms with Crippen LogP contribution in [0.2, 0.25) is 0 Å². The summed E-state index contributed by atoms with van der Waals surface area (Å²) in [7, 11) is 0. The number of aryl methyl sites for hydroxylation is 2. The molecule has 4 aromatic rings. The first-order valence-electron chi connectivity index (χ1n) is 11.5. The average Bonchev–Trinajstić information content (AvgIpc) is 3.46. The van der Waals surface area contributed by atoms with Crippen molar-refractivity contribution >= 4 is 22.9 Å². The molecule has 6 rings (SSSR count). The maximum atomic E-state index is 14.6. The van der Waals surface area contributed by atoms with Crippen molar-refractivity contribution < 1.29 is 22.7 Å². The van der Waals surface area contributed by atoms with Crippen LogP contribution in [0.25, 0.3) is 22.2 Å². The van der Waals surface area contributed by atoms with Crippen molar-refractivity contribution in [3.8, 4) is 16.9 Å². The van der Waals surface area contributed by atoms with Crippen molar-refractivity contribution in [1.29, 1.82) is 0 Å². The molecule has 186 valence electrons. The van der Waals surface area contributed by atoms with Crippen LogP contribution in [0.3, 0.4) is 0 Å². The van der Waals surface area contributed by atoms with Gasteiger partial charge in [-0.15, -0.1) is 0 Å². The smallest absolute Gasteiger partial charge is 0.387 e. The van der Waals surface area contributed by atoms with Gasteiger partial charge in [-0.2, -0.15) is 8.78 Å². The van der Waals surface area contributed by atoms with E-state index in [2.05, 4.69) is 29.6 Å². The van der Waals surface area contributed by atoms with Gasteiger partial charge >= 0.3 is 6.61 Å². The number of piperazine rings is 1. The lowest BCUT2D eigenvalue weighted by Gasteiger charge is -2.26. The van der Waals surface area contributed by atoms with Crippen LogP contribution < -0.4 is 15.0 Å². The number of carbonyl (C=O) groups is 1. The van der Waals surface area contributed by atoms with Crippen molar-refractivity contribution in [2.24, 2.45) is 0 Å². The van der Waals surface area contributed by atoms with E-state index in [0.29, 0.717) is 35.7 Å².